The highest BCUT2D eigenvalue weighted by atomic mass is 15.3. The zero-order valence-electron chi connectivity index (χ0n) is 9.17. The molecule has 0 amide bonds. The maximum atomic E-state index is 4.30. The molecule has 16 heavy (non-hydrogen) atoms. The van der Waals surface area contributed by atoms with E-state index in [1.807, 2.05) is 17.8 Å². The number of hydrogen-bond acceptors (Lipinski definition) is 4. The lowest BCUT2D eigenvalue weighted by molar-refractivity contribution is 0.699. The molecule has 0 aliphatic heterocycles. The molecule has 0 saturated heterocycles. The molecule has 0 atom stereocenters. The van der Waals surface area contributed by atoms with Gasteiger partial charge in [-0.3, -0.25) is 0 Å². The second-order valence-corrected chi connectivity index (χ2v) is 4.16. The van der Waals surface area contributed by atoms with Gasteiger partial charge in [-0.2, -0.15) is 0 Å². The fraction of sp³-hybridized carbons (Fsp3) is 0.500. The zero-order valence-corrected chi connectivity index (χ0v) is 9.17. The Labute approximate surface area is 93.3 Å². The molecule has 1 N–H and O–H groups in total. The van der Waals surface area contributed by atoms with Gasteiger partial charge < -0.3 is 14.5 Å². The molecule has 1 fully saturated rings. The standard InChI is InChI=1S/C10H14N6/c1-15-7-12-14-9(15)6-16-5-4-11-10(16)13-8-2-3-8/h4-5,7-8H,2-3,6H2,1H3,(H,11,13). The van der Waals surface area contributed by atoms with Gasteiger partial charge in [-0.1, -0.05) is 0 Å². The van der Waals surface area contributed by atoms with E-state index < -0.39 is 0 Å². The number of anilines is 1. The smallest absolute Gasteiger partial charge is 0.203 e. The molecule has 3 rings (SSSR count). The molecule has 1 aliphatic carbocycles. The van der Waals surface area contributed by atoms with Crippen LogP contribution in [0.1, 0.15) is 18.7 Å². The summed E-state index contributed by atoms with van der Waals surface area (Å²) >= 11 is 0. The van der Waals surface area contributed by atoms with Gasteiger partial charge in [0.25, 0.3) is 0 Å². The van der Waals surface area contributed by atoms with Crippen molar-refractivity contribution in [2.45, 2.75) is 25.4 Å². The summed E-state index contributed by atoms with van der Waals surface area (Å²) in [5.41, 5.74) is 0. The monoisotopic (exact) mass is 218 g/mol. The van der Waals surface area contributed by atoms with E-state index in [1.165, 1.54) is 12.8 Å². The summed E-state index contributed by atoms with van der Waals surface area (Å²) in [6.45, 7) is 0.700. The van der Waals surface area contributed by atoms with Crippen molar-refractivity contribution in [1.82, 2.24) is 24.3 Å². The highest BCUT2D eigenvalue weighted by Gasteiger charge is 2.22. The van der Waals surface area contributed by atoms with Crippen LogP contribution in [0.15, 0.2) is 18.7 Å². The molecule has 0 aromatic carbocycles. The maximum Gasteiger partial charge on any atom is 0.203 e. The van der Waals surface area contributed by atoms with Crippen LogP contribution in [0.2, 0.25) is 0 Å². The second kappa shape index (κ2) is 3.62. The summed E-state index contributed by atoms with van der Waals surface area (Å²) in [6.07, 6.45) is 7.97. The van der Waals surface area contributed by atoms with Crippen LogP contribution in [0.3, 0.4) is 0 Å². The molecule has 2 heterocycles. The number of aryl methyl sites for hydroxylation is 1. The number of rotatable bonds is 4. The molecular formula is C10H14N6. The van der Waals surface area contributed by atoms with Crippen molar-refractivity contribution in [2.24, 2.45) is 7.05 Å². The molecular weight excluding hydrogens is 204 g/mol. The van der Waals surface area contributed by atoms with Crippen molar-refractivity contribution in [1.29, 1.82) is 0 Å². The van der Waals surface area contributed by atoms with Crippen molar-refractivity contribution in [3.05, 3.63) is 24.5 Å². The Kier molecular flexibility index (Phi) is 2.12. The Morgan fingerprint density at radius 3 is 3.06 bits per heavy atom. The Hall–Kier alpha value is -1.85. The van der Waals surface area contributed by atoms with E-state index in [9.17, 15) is 0 Å². The Morgan fingerprint density at radius 2 is 2.38 bits per heavy atom. The third-order valence-corrected chi connectivity index (χ3v) is 2.74. The van der Waals surface area contributed by atoms with E-state index in [2.05, 4.69) is 25.1 Å². The summed E-state index contributed by atoms with van der Waals surface area (Å²) in [5.74, 6) is 1.85. The van der Waals surface area contributed by atoms with Crippen molar-refractivity contribution in [2.75, 3.05) is 5.32 Å². The molecule has 0 bridgehead atoms. The first-order chi connectivity index (χ1) is 7.83. The minimum atomic E-state index is 0.612. The second-order valence-electron chi connectivity index (χ2n) is 4.16. The number of aromatic nitrogens is 5. The van der Waals surface area contributed by atoms with Gasteiger partial charge in [-0.05, 0) is 12.8 Å². The summed E-state index contributed by atoms with van der Waals surface area (Å²) in [6, 6.07) is 0.612. The maximum absolute atomic E-state index is 4.30. The van der Waals surface area contributed by atoms with Crippen molar-refractivity contribution >= 4 is 5.95 Å². The molecule has 6 nitrogen and oxygen atoms in total. The molecule has 1 saturated carbocycles. The van der Waals surface area contributed by atoms with Gasteiger partial charge >= 0.3 is 0 Å². The molecule has 84 valence electrons. The predicted octanol–water partition coefficient (Wildman–Crippen LogP) is 0.634. The lowest BCUT2D eigenvalue weighted by Crippen LogP contribution is -2.11. The molecule has 0 spiro atoms. The third-order valence-electron chi connectivity index (χ3n) is 2.74. The summed E-state index contributed by atoms with van der Waals surface area (Å²) in [7, 11) is 1.94. The van der Waals surface area contributed by atoms with E-state index in [-0.39, 0.29) is 0 Å². The molecule has 0 unspecified atom stereocenters. The van der Waals surface area contributed by atoms with E-state index in [0.717, 1.165) is 11.8 Å². The van der Waals surface area contributed by atoms with E-state index in [1.54, 1.807) is 12.5 Å². The summed E-state index contributed by atoms with van der Waals surface area (Å²) in [4.78, 5) is 4.30. The van der Waals surface area contributed by atoms with Gasteiger partial charge in [-0.25, -0.2) is 4.98 Å². The Balaban J connectivity index is 1.78. The fourth-order valence-electron chi connectivity index (χ4n) is 1.59. The van der Waals surface area contributed by atoms with Crippen LogP contribution in [-0.2, 0) is 13.6 Å². The van der Waals surface area contributed by atoms with Crippen LogP contribution in [0.4, 0.5) is 5.95 Å². The van der Waals surface area contributed by atoms with Gasteiger partial charge in [0.1, 0.15) is 6.33 Å². The largest absolute Gasteiger partial charge is 0.353 e. The van der Waals surface area contributed by atoms with Crippen LogP contribution in [0.5, 0.6) is 0 Å². The number of imidazole rings is 1. The minimum absolute atomic E-state index is 0.612. The first kappa shape index (κ1) is 9.38. The highest BCUT2D eigenvalue weighted by Crippen LogP contribution is 2.23. The first-order valence-corrected chi connectivity index (χ1v) is 5.43. The van der Waals surface area contributed by atoms with Crippen molar-refractivity contribution < 1.29 is 0 Å². The third kappa shape index (κ3) is 1.78. The molecule has 0 radical (unpaired) electrons. The highest BCUT2D eigenvalue weighted by molar-refractivity contribution is 5.30. The zero-order chi connectivity index (χ0) is 11.0. The molecule has 6 heteroatoms. The average molecular weight is 218 g/mol. The fourth-order valence-corrected chi connectivity index (χ4v) is 1.59. The topological polar surface area (TPSA) is 60.6 Å². The quantitative estimate of drug-likeness (QED) is 0.817. The van der Waals surface area contributed by atoms with Crippen LogP contribution < -0.4 is 5.32 Å². The van der Waals surface area contributed by atoms with Gasteiger partial charge in [0.2, 0.25) is 5.95 Å². The van der Waals surface area contributed by atoms with Crippen molar-refractivity contribution in [3.8, 4) is 0 Å². The van der Waals surface area contributed by atoms with Gasteiger partial charge in [0.05, 0.1) is 6.54 Å². The lowest BCUT2D eigenvalue weighted by Gasteiger charge is -2.08. The lowest BCUT2D eigenvalue weighted by atomic mass is 10.5. The van der Waals surface area contributed by atoms with Gasteiger partial charge in [0.15, 0.2) is 5.82 Å². The van der Waals surface area contributed by atoms with Gasteiger partial charge in [-0.15, -0.1) is 10.2 Å². The van der Waals surface area contributed by atoms with Crippen LogP contribution >= 0.6 is 0 Å². The minimum Gasteiger partial charge on any atom is -0.353 e. The first-order valence-electron chi connectivity index (χ1n) is 5.43. The van der Waals surface area contributed by atoms with E-state index >= 15 is 0 Å². The number of nitrogens with one attached hydrogen (secondary N) is 1. The summed E-state index contributed by atoms with van der Waals surface area (Å²) in [5, 5.41) is 11.3. The normalized spacial score (nSPS) is 15.3. The SMILES string of the molecule is Cn1cnnc1Cn1ccnc1NC1CC1. The van der Waals surface area contributed by atoms with Crippen LogP contribution in [0, 0.1) is 0 Å². The Morgan fingerprint density at radius 1 is 1.50 bits per heavy atom. The summed E-state index contributed by atoms with van der Waals surface area (Å²) < 4.78 is 3.98. The molecule has 1 aliphatic rings. The van der Waals surface area contributed by atoms with E-state index in [0.29, 0.717) is 12.6 Å². The number of nitrogens with zero attached hydrogens (tertiary/aromatic N) is 5. The molecule has 2 aromatic rings. The van der Waals surface area contributed by atoms with Crippen LogP contribution in [0.25, 0.3) is 0 Å². The predicted molar refractivity (Wildman–Crippen MR) is 59.0 cm³/mol. The Bertz CT molecular complexity index is 481. The molecule has 2 aromatic heterocycles. The van der Waals surface area contributed by atoms with Crippen molar-refractivity contribution in [3.63, 3.8) is 0 Å². The van der Waals surface area contributed by atoms with E-state index in [4.69, 9.17) is 0 Å². The number of hydrogen-bond donors (Lipinski definition) is 1. The average Bonchev–Trinajstić information content (AvgIpc) is 2.84. The van der Waals surface area contributed by atoms with Gasteiger partial charge in [0, 0.05) is 25.5 Å². The van der Waals surface area contributed by atoms with Crippen LogP contribution in [-0.4, -0.2) is 30.4 Å².